The molecule has 40 heavy (non-hydrogen) atoms. The van der Waals surface area contributed by atoms with Gasteiger partial charge in [-0.3, -0.25) is 19.2 Å². The van der Waals surface area contributed by atoms with Gasteiger partial charge in [0.1, 0.15) is 17.7 Å². The van der Waals surface area contributed by atoms with Crippen molar-refractivity contribution in [1.29, 1.82) is 0 Å². The number of likely N-dealkylation sites (tertiary alicyclic amines) is 1. The van der Waals surface area contributed by atoms with Gasteiger partial charge in [0.05, 0.1) is 6.04 Å². The molecule has 2 rings (SSSR count). The van der Waals surface area contributed by atoms with Crippen molar-refractivity contribution >= 4 is 29.6 Å². The molecule has 1 aliphatic heterocycles. The number of alkyl halides is 3. The minimum absolute atomic E-state index is 0.0963. The zero-order valence-corrected chi connectivity index (χ0v) is 23.9. The van der Waals surface area contributed by atoms with Crippen LogP contribution < -0.4 is 16.4 Å². The summed E-state index contributed by atoms with van der Waals surface area (Å²) in [5.74, 6) is -4.80. The molecule has 4 N–H and O–H groups in total. The minimum atomic E-state index is -4.63. The fourth-order valence-electron chi connectivity index (χ4n) is 5.56. The monoisotopic (exact) mass is 576 g/mol. The second-order valence-electron chi connectivity index (χ2n) is 12.1. The molecule has 0 spiro atoms. The molecule has 4 atom stereocenters. The molecule has 4 amide bonds. The fourth-order valence-corrected chi connectivity index (χ4v) is 5.56. The van der Waals surface area contributed by atoms with Gasteiger partial charge in [-0.2, -0.15) is 13.2 Å². The number of carbonyl (C=O) groups excluding carboxylic acids is 5. The van der Waals surface area contributed by atoms with Gasteiger partial charge in [0.15, 0.2) is 0 Å². The minimum Gasteiger partial charge on any atom is -0.444 e. The van der Waals surface area contributed by atoms with Gasteiger partial charge in [0, 0.05) is 13.0 Å². The number of halogens is 3. The van der Waals surface area contributed by atoms with Crippen LogP contribution in [-0.2, 0) is 23.9 Å². The lowest BCUT2D eigenvalue weighted by Crippen LogP contribution is -2.59. The predicted octanol–water partition coefficient (Wildman–Crippen LogP) is 3.21. The largest absolute Gasteiger partial charge is 0.444 e. The van der Waals surface area contributed by atoms with Gasteiger partial charge in [-0.25, -0.2) is 4.79 Å². The molecule has 1 aliphatic carbocycles. The van der Waals surface area contributed by atoms with Crippen molar-refractivity contribution in [3.63, 3.8) is 0 Å². The topological polar surface area (TPSA) is 148 Å². The van der Waals surface area contributed by atoms with Crippen LogP contribution in [0, 0.1) is 17.8 Å². The molecule has 0 bridgehead atoms. The summed E-state index contributed by atoms with van der Waals surface area (Å²) in [5, 5.41) is 4.99. The molecule has 0 aromatic carbocycles. The Labute approximate surface area is 233 Å². The van der Waals surface area contributed by atoms with E-state index in [0.29, 0.717) is 19.3 Å². The Hall–Kier alpha value is -2.86. The molecule has 0 radical (unpaired) electrons. The van der Waals surface area contributed by atoms with E-state index in [0.717, 1.165) is 19.3 Å². The Kier molecular flexibility index (Phi) is 11.4. The van der Waals surface area contributed by atoms with E-state index < -0.39 is 72.3 Å². The summed E-state index contributed by atoms with van der Waals surface area (Å²) in [6.07, 6.45) is -3.11. The second-order valence-corrected chi connectivity index (χ2v) is 12.1. The summed E-state index contributed by atoms with van der Waals surface area (Å²) in [6, 6.07) is -3.87. The van der Waals surface area contributed by atoms with E-state index in [-0.39, 0.29) is 24.3 Å². The predicted molar refractivity (Wildman–Crippen MR) is 140 cm³/mol. The van der Waals surface area contributed by atoms with Crippen LogP contribution in [0.2, 0.25) is 0 Å². The number of amides is 4. The van der Waals surface area contributed by atoms with Crippen LogP contribution in [-0.4, -0.2) is 70.9 Å². The number of carbonyl (C=O) groups is 5. The Morgan fingerprint density at radius 3 is 2.08 bits per heavy atom. The van der Waals surface area contributed by atoms with Gasteiger partial charge in [0.25, 0.3) is 5.91 Å². The van der Waals surface area contributed by atoms with Gasteiger partial charge in [0.2, 0.25) is 17.6 Å². The summed E-state index contributed by atoms with van der Waals surface area (Å²) in [7, 11) is 0. The van der Waals surface area contributed by atoms with Crippen molar-refractivity contribution < 1.29 is 41.9 Å². The first-order valence-corrected chi connectivity index (χ1v) is 13.9. The van der Waals surface area contributed by atoms with E-state index in [1.54, 1.807) is 20.8 Å². The van der Waals surface area contributed by atoms with Gasteiger partial charge in [-0.1, -0.05) is 33.1 Å². The zero-order valence-electron chi connectivity index (χ0n) is 23.9. The van der Waals surface area contributed by atoms with E-state index in [1.165, 1.54) is 4.90 Å². The van der Waals surface area contributed by atoms with Crippen LogP contribution >= 0.6 is 0 Å². The van der Waals surface area contributed by atoms with Gasteiger partial charge in [-0.15, -0.1) is 0 Å². The summed E-state index contributed by atoms with van der Waals surface area (Å²) in [6.45, 7) is 8.97. The third kappa shape index (κ3) is 9.65. The van der Waals surface area contributed by atoms with Crippen molar-refractivity contribution in [2.45, 2.75) is 116 Å². The number of ketones is 1. The summed E-state index contributed by atoms with van der Waals surface area (Å²) < 4.78 is 44.1. The first kappa shape index (κ1) is 33.3. The van der Waals surface area contributed by atoms with Crippen LogP contribution in [0.15, 0.2) is 0 Å². The maximum absolute atomic E-state index is 14.0. The molecular weight excluding hydrogens is 533 g/mol. The lowest BCUT2D eigenvalue weighted by Gasteiger charge is -2.36. The number of Topliss-reactive ketones (excluding diaryl/α,β-unsaturated/α-hetero) is 1. The number of primary amides is 1. The maximum Gasteiger partial charge on any atom is 0.408 e. The van der Waals surface area contributed by atoms with Crippen molar-refractivity contribution in [1.82, 2.24) is 15.5 Å². The van der Waals surface area contributed by atoms with Gasteiger partial charge < -0.3 is 26.0 Å². The Morgan fingerprint density at radius 2 is 1.57 bits per heavy atom. The SMILES string of the molecule is CC(C)C1CCN(C(=O)[C@@H](NC(=O)OC(C)(C)C)C2CCCCC2)[C@@H]1C(=O)NC(CCC(F)(F)F)C(=O)C(N)=O. The molecule has 1 saturated heterocycles. The molecule has 2 unspecified atom stereocenters. The van der Waals surface area contributed by atoms with E-state index in [4.69, 9.17) is 10.5 Å². The number of nitrogens with zero attached hydrogens (tertiary/aromatic N) is 1. The highest BCUT2D eigenvalue weighted by Gasteiger charge is 2.47. The number of ether oxygens (including phenoxy) is 1. The van der Waals surface area contributed by atoms with Crippen LogP contribution in [0.25, 0.3) is 0 Å². The first-order valence-electron chi connectivity index (χ1n) is 13.9. The molecule has 1 saturated carbocycles. The number of nitrogens with one attached hydrogen (secondary N) is 2. The number of hydrogen-bond donors (Lipinski definition) is 3. The molecule has 10 nitrogen and oxygen atoms in total. The van der Waals surface area contributed by atoms with Crippen LogP contribution in [0.1, 0.15) is 86.0 Å². The van der Waals surface area contributed by atoms with E-state index in [1.807, 2.05) is 13.8 Å². The summed E-state index contributed by atoms with van der Waals surface area (Å²) in [5.41, 5.74) is 4.23. The average Bonchev–Trinajstić information content (AvgIpc) is 3.29. The summed E-state index contributed by atoms with van der Waals surface area (Å²) >= 11 is 0. The standard InChI is InChI=1S/C27H43F3N4O6/c1-15(2)17-12-14-34(20(17)23(37)32-18(21(35)22(31)36)11-13-27(28,29)30)24(38)19(16-9-7-6-8-10-16)33-25(39)40-26(3,4)5/h15-20H,6-14H2,1-5H3,(H2,31,36)(H,32,37)(H,33,39)/t17?,18?,19-,20-/m0/s1. The van der Waals surface area contributed by atoms with Crippen molar-refractivity contribution in [3.8, 4) is 0 Å². The lowest BCUT2D eigenvalue weighted by atomic mass is 9.83. The average molecular weight is 577 g/mol. The third-order valence-electron chi connectivity index (χ3n) is 7.50. The number of hydrogen-bond acceptors (Lipinski definition) is 6. The highest BCUT2D eigenvalue weighted by molar-refractivity contribution is 6.37. The maximum atomic E-state index is 14.0. The number of rotatable bonds is 10. The van der Waals surface area contributed by atoms with Gasteiger partial charge in [-0.05, 0) is 64.2 Å². The Balaban J connectivity index is 2.36. The van der Waals surface area contributed by atoms with E-state index in [2.05, 4.69) is 10.6 Å². The highest BCUT2D eigenvalue weighted by atomic mass is 19.4. The second kappa shape index (κ2) is 13.7. The van der Waals surface area contributed by atoms with Crippen LogP contribution in [0.3, 0.4) is 0 Å². The van der Waals surface area contributed by atoms with Crippen molar-refractivity contribution in [3.05, 3.63) is 0 Å². The fraction of sp³-hybridized carbons (Fsp3) is 0.815. The smallest absolute Gasteiger partial charge is 0.408 e. The number of alkyl carbamates (subject to hydrolysis) is 1. The third-order valence-corrected chi connectivity index (χ3v) is 7.50. The molecular formula is C27H43F3N4O6. The van der Waals surface area contributed by atoms with Crippen molar-refractivity contribution in [2.75, 3.05) is 6.54 Å². The van der Waals surface area contributed by atoms with Crippen molar-refractivity contribution in [2.24, 2.45) is 23.5 Å². The van der Waals surface area contributed by atoms with Crippen LogP contribution in [0.5, 0.6) is 0 Å². The van der Waals surface area contributed by atoms with Gasteiger partial charge >= 0.3 is 12.3 Å². The summed E-state index contributed by atoms with van der Waals surface area (Å²) in [4.78, 5) is 65.4. The normalized spacial score (nSPS) is 22.0. The van der Waals surface area contributed by atoms with Crippen LogP contribution in [0.4, 0.5) is 18.0 Å². The van der Waals surface area contributed by atoms with E-state index >= 15 is 0 Å². The molecule has 0 aromatic heterocycles. The Morgan fingerprint density at radius 1 is 0.975 bits per heavy atom. The molecule has 0 aromatic rings. The molecule has 228 valence electrons. The zero-order chi connectivity index (χ0) is 30.4. The first-order chi connectivity index (χ1) is 18.4. The lowest BCUT2D eigenvalue weighted by molar-refractivity contribution is -0.147. The molecule has 2 fully saturated rings. The highest BCUT2D eigenvalue weighted by Crippen LogP contribution is 2.34. The Bertz CT molecular complexity index is 944. The number of nitrogens with two attached hydrogens (primary N) is 1. The molecule has 13 heteroatoms. The quantitative estimate of drug-likeness (QED) is 0.340. The molecule has 1 heterocycles. The van der Waals surface area contributed by atoms with E-state index in [9.17, 15) is 37.1 Å². The molecule has 2 aliphatic rings.